The van der Waals surface area contributed by atoms with Crippen molar-refractivity contribution in [1.29, 1.82) is 5.26 Å². The molecular formula is C18H14F6N2. The molecule has 8 heteroatoms. The normalized spacial score (nSPS) is 12.3. The van der Waals surface area contributed by atoms with Crippen LogP contribution in [0.4, 0.5) is 32.0 Å². The zero-order valence-electron chi connectivity index (χ0n) is 13.8. The fourth-order valence-corrected chi connectivity index (χ4v) is 2.72. The van der Waals surface area contributed by atoms with Crippen molar-refractivity contribution in [2.75, 3.05) is 5.73 Å². The molecule has 0 saturated carbocycles. The van der Waals surface area contributed by atoms with E-state index in [2.05, 4.69) is 0 Å². The van der Waals surface area contributed by atoms with Gasteiger partial charge in [-0.2, -0.15) is 31.6 Å². The van der Waals surface area contributed by atoms with E-state index in [1.165, 1.54) is 12.1 Å². The van der Waals surface area contributed by atoms with E-state index in [-0.39, 0.29) is 34.4 Å². The van der Waals surface area contributed by atoms with Crippen LogP contribution in [0.25, 0.3) is 11.1 Å². The standard InChI is InChI=1S/C18H14F6N2/c1-9(2)16-13(3-4-15(26)14(16)8-25)10-5-11(17(19,20)21)7-12(6-10)18(22,23)24/h3-7,9H,26H2,1-2H3. The van der Waals surface area contributed by atoms with Gasteiger partial charge < -0.3 is 5.73 Å². The maximum absolute atomic E-state index is 13.1. The Bertz CT molecular complexity index is 841. The zero-order chi connectivity index (χ0) is 19.9. The molecule has 2 rings (SSSR count). The summed E-state index contributed by atoms with van der Waals surface area (Å²) < 4.78 is 78.5. The van der Waals surface area contributed by atoms with E-state index in [0.717, 1.165) is 0 Å². The lowest BCUT2D eigenvalue weighted by Gasteiger charge is -2.19. The van der Waals surface area contributed by atoms with Crippen molar-refractivity contribution in [3.8, 4) is 17.2 Å². The van der Waals surface area contributed by atoms with Crippen LogP contribution < -0.4 is 5.73 Å². The lowest BCUT2D eigenvalue weighted by atomic mass is 9.87. The van der Waals surface area contributed by atoms with Crippen molar-refractivity contribution in [1.82, 2.24) is 0 Å². The van der Waals surface area contributed by atoms with Gasteiger partial charge in [-0.1, -0.05) is 19.9 Å². The van der Waals surface area contributed by atoms with E-state index in [0.29, 0.717) is 17.7 Å². The highest BCUT2D eigenvalue weighted by molar-refractivity contribution is 5.76. The van der Waals surface area contributed by atoms with Gasteiger partial charge in [0.05, 0.1) is 16.7 Å². The SMILES string of the molecule is CC(C)c1c(-c2cc(C(F)(F)F)cc(C(F)(F)F)c2)ccc(N)c1C#N. The summed E-state index contributed by atoms with van der Waals surface area (Å²) in [5, 5.41) is 9.30. The van der Waals surface area contributed by atoms with Gasteiger partial charge in [0.1, 0.15) is 6.07 Å². The number of nitriles is 1. The molecule has 2 N–H and O–H groups in total. The molecular weight excluding hydrogens is 358 g/mol. The second kappa shape index (κ2) is 6.56. The highest BCUT2D eigenvalue weighted by Gasteiger charge is 2.37. The lowest BCUT2D eigenvalue weighted by molar-refractivity contribution is -0.143. The monoisotopic (exact) mass is 372 g/mol. The number of hydrogen-bond donors (Lipinski definition) is 1. The number of anilines is 1. The van der Waals surface area contributed by atoms with E-state index < -0.39 is 23.5 Å². The molecule has 0 aliphatic carbocycles. The first-order valence-corrected chi connectivity index (χ1v) is 7.48. The van der Waals surface area contributed by atoms with Crippen LogP contribution in [0.5, 0.6) is 0 Å². The summed E-state index contributed by atoms with van der Waals surface area (Å²) in [5.74, 6) is -0.341. The summed E-state index contributed by atoms with van der Waals surface area (Å²) in [7, 11) is 0. The fourth-order valence-electron chi connectivity index (χ4n) is 2.72. The van der Waals surface area contributed by atoms with Gasteiger partial charge in [0.2, 0.25) is 0 Å². The van der Waals surface area contributed by atoms with Gasteiger partial charge in [-0.25, -0.2) is 0 Å². The van der Waals surface area contributed by atoms with Crippen molar-refractivity contribution in [3.63, 3.8) is 0 Å². The molecule has 2 nitrogen and oxygen atoms in total. The van der Waals surface area contributed by atoms with Gasteiger partial charge >= 0.3 is 12.4 Å². The Kier molecular flexibility index (Phi) is 4.95. The predicted octanol–water partition coefficient (Wildman–Crippen LogP) is 5.97. The highest BCUT2D eigenvalue weighted by atomic mass is 19.4. The number of alkyl halides is 6. The topological polar surface area (TPSA) is 49.8 Å². The average Bonchev–Trinajstić information content (AvgIpc) is 2.52. The first kappa shape index (κ1) is 19.6. The average molecular weight is 372 g/mol. The molecule has 0 fully saturated rings. The fraction of sp³-hybridized carbons (Fsp3) is 0.278. The Morgan fingerprint density at radius 1 is 0.923 bits per heavy atom. The van der Waals surface area contributed by atoms with Crippen LogP contribution in [0.3, 0.4) is 0 Å². The summed E-state index contributed by atoms with van der Waals surface area (Å²) in [6.45, 7) is 3.36. The molecule has 0 amide bonds. The number of nitrogen functional groups attached to an aromatic ring is 1. The molecule has 2 aromatic rings. The molecule has 0 spiro atoms. The summed E-state index contributed by atoms with van der Waals surface area (Å²) in [6.07, 6.45) is -9.89. The quantitative estimate of drug-likeness (QED) is 0.522. The van der Waals surface area contributed by atoms with Gasteiger partial charge in [-0.15, -0.1) is 0 Å². The van der Waals surface area contributed by atoms with Gasteiger partial charge in [-0.05, 0) is 46.9 Å². The third-order valence-corrected chi connectivity index (χ3v) is 3.87. The van der Waals surface area contributed by atoms with E-state index >= 15 is 0 Å². The van der Waals surface area contributed by atoms with Crippen LogP contribution >= 0.6 is 0 Å². The lowest BCUT2D eigenvalue weighted by Crippen LogP contribution is -2.11. The third-order valence-electron chi connectivity index (χ3n) is 3.87. The van der Waals surface area contributed by atoms with Gasteiger partial charge in [-0.3, -0.25) is 0 Å². The number of hydrogen-bond acceptors (Lipinski definition) is 2. The Balaban J connectivity index is 2.87. The van der Waals surface area contributed by atoms with Gasteiger partial charge in [0.15, 0.2) is 0 Å². The van der Waals surface area contributed by atoms with Crippen LogP contribution in [0.2, 0.25) is 0 Å². The summed E-state index contributed by atoms with van der Waals surface area (Å²) in [6, 6.07) is 5.87. The van der Waals surface area contributed by atoms with E-state index in [4.69, 9.17) is 5.73 Å². The molecule has 0 aliphatic heterocycles. The van der Waals surface area contributed by atoms with E-state index in [1.54, 1.807) is 13.8 Å². The smallest absolute Gasteiger partial charge is 0.398 e. The van der Waals surface area contributed by atoms with E-state index in [9.17, 15) is 31.6 Å². The molecule has 0 heterocycles. The van der Waals surface area contributed by atoms with Gasteiger partial charge in [0.25, 0.3) is 0 Å². The van der Waals surface area contributed by atoms with Crippen LogP contribution in [0.15, 0.2) is 30.3 Å². The molecule has 0 bridgehead atoms. The largest absolute Gasteiger partial charge is 0.416 e. The summed E-state index contributed by atoms with van der Waals surface area (Å²) >= 11 is 0. The van der Waals surface area contributed by atoms with Crippen molar-refractivity contribution in [2.24, 2.45) is 0 Å². The molecule has 0 unspecified atom stereocenters. The number of nitrogens with zero attached hydrogens (tertiary/aromatic N) is 1. The number of rotatable bonds is 2. The molecule has 2 aromatic carbocycles. The molecule has 0 aromatic heterocycles. The van der Waals surface area contributed by atoms with Crippen molar-refractivity contribution >= 4 is 5.69 Å². The highest BCUT2D eigenvalue weighted by Crippen LogP contribution is 2.41. The van der Waals surface area contributed by atoms with E-state index in [1.807, 2.05) is 6.07 Å². The Morgan fingerprint density at radius 2 is 1.42 bits per heavy atom. The Morgan fingerprint density at radius 3 is 1.81 bits per heavy atom. The second-order valence-electron chi connectivity index (χ2n) is 6.05. The molecule has 0 saturated heterocycles. The third kappa shape index (κ3) is 3.77. The Hall–Kier alpha value is -2.69. The van der Waals surface area contributed by atoms with Crippen LogP contribution in [-0.2, 0) is 12.4 Å². The number of halogens is 6. The summed E-state index contributed by atoms with van der Waals surface area (Å²) in [4.78, 5) is 0. The molecule has 138 valence electrons. The van der Waals surface area contributed by atoms with Crippen LogP contribution in [0.1, 0.15) is 42.0 Å². The van der Waals surface area contributed by atoms with Crippen molar-refractivity contribution in [2.45, 2.75) is 32.1 Å². The minimum absolute atomic E-state index is 0.0449. The second-order valence-corrected chi connectivity index (χ2v) is 6.05. The first-order chi connectivity index (χ1) is 11.9. The molecule has 26 heavy (non-hydrogen) atoms. The van der Waals surface area contributed by atoms with Crippen molar-refractivity contribution in [3.05, 3.63) is 52.6 Å². The molecule has 0 aliphatic rings. The zero-order valence-corrected chi connectivity index (χ0v) is 13.8. The maximum Gasteiger partial charge on any atom is 0.416 e. The Labute approximate surface area is 145 Å². The molecule has 0 atom stereocenters. The predicted molar refractivity (Wildman–Crippen MR) is 85.1 cm³/mol. The van der Waals surface area contributed by atoms with Crippen LogP contribution in [-0.4, -0.2) is 0 Å². The number of nitrogens with two attached hydrogens (primary N) is 1. The minimum atomic E-state index is -4.94. The maximum atomic E-state index is 13.1. The summed E-state index contributed by atoms with van der Waals surface area (Å²) in [5.41, 5.74) is 3.22. The van der Waals surface area contributed by atoms with Crippen molar-refractivity contribution < 1.29 is 26.3 Å². The number of benzene rings is 2. The minimum Gasteiger partial charge on any atom is -0.398 e. The van der Waals surface area contributed by atoms with Crippen LogP contribution in [0, 0.1) is 11.3 Å². The van der Waals surface area contributed by atoms with Gasteiger partial charge in [0, 0.05) is 5.69 Å². The first-order valence-electron chi connectivity index (χ1n) is 7.48. The molecule has 0 radical (unpaired) electrons.